The van der Waals surface area contributed by atoms with Gasteiger partial charge in [-0.3, -0.25) is 9.59 Å². The van der Waals surface area contributed by atoms with E-state index in [-0.39, 0.29) is 24.9 Å². The van der Waals surface area contributed by atoms with Gasteiger partial charge in [-0.05, 0) is 36.6 Å². The third-order valence-electron chi connectivity index (χ3n) is 4.38. The van der Waals surface area contributed by atoms with E-state index in [0.717, 1.165) is 22.4 Å². The van der Waals surface area contributed by atoms with Gasteiger partial charge < -0.3 is 20.9 Å². The second-order valence-electron chi connectivity index (χ2n) is 6.57. The number of amides is 4. The number of hydrogen-bond donors (Lipinski definition) is 3. The predicted octanol–water partition coefficient (Wildman–Crippen LogP) is 2.20. The number of nitrogens with zero attached hydrogens (tertiary/aromatic N) is 1. The maximum Gasteiger partial charge on any atom is 0.315 e. The van der Waals surface area contributed by atoms with Crippen molar-refractivity contribution in [3.63, 3.8) is 0 Å². The smallest absolute Gasteiger partial charge is 0.315 e. The Balaban J connectivity index is 1.73. The molecule has 7 heteroatoms. The Morgan fingerprint density at radius 2 is 1.64 bits per heavy atom. The zero-order chi connectivity index (χ0) is 20.5. The van der Waals surface area contributed by atoms with Crippen LogP contribution < -0.4 is 16.0 Å². The Bertz CT molecular complexity index is 837. The number of carbonyl (C=O) groups excluding carboxylic acids is 3. The Morgan fingerprint density at radius 1 is 0.929 bits per heavy atom. The highest BCUT2D eigenvalue weighted by Crippen LogP contribution is 2.17. The van der Waals surface area contributed by atoms with Crippen LogP contribution >= 0.6 is 0 Å². The summed E-state index contributed by atoms with van der Waals surface area (Å²) in [7, 11) is 1.52. The number of nitrogens with one attached hydrogen (secondary N) is 3. The Morgan fingerprint density at radius 3 is 2.36 bits per heavy atom. The number of urea groups is 1. The molecule has 0 aromatic heterocycles. The van der Waals surface area contributed by atoms with Crippen LogP contribution in [-0.2, 0) is 16.1 Å². The van der Waals surface area contributed by atoms with Crippen molar-refractivity contribution in [1.29, 1.82) is 0 Å². The van der Waals surface area contributed by atoms with E-state index in [1.807, 2.05) is 62.4 Å². The van der Waals surface area contributed by atoms with Crippen LogP contribution in [0, 0.1) is 13.8 Å². The summed E-state index contributed by atoms with van der Waals surface area (Å²) < 4.78 is 0. The van der Waals surface area contributed by atoms with Crippen molar-refractivity contribution in [2.45, 2.75) is 20.4 Å². The van der Waals surface area contributed by atoms with Gasteiger partial charge >= 0.3 is 6.03 Å². The first-order chi connectivity index (χ1) is 13.4. The number of hydrogen-bond acceptors (Lipinski definition) is 3. The summed E-state index contributed by atoms with van der Waals surface area (Å²) in [4.78, 5) is 37.4. The summed E-state index contributed by atoms with van der Waals surface area (Å²) in [6, 6.07) is 14.7. The predicted molar refractivity (Wildman–Crippen MR) is 109 cm³/mol. The van der Waals surface area contributed by atoms with Gasteiger partial charge in [0.25, 0.3) is 0 Å². The van der Waals surface area contributed by atoms with E-state index in [0.29, 0.717) is 6.54 Å². The van der Waals surface area contributed by atoms with Gasteiger partial charge in [0.05, 0.1) is 13.1 Å². The third-order valence-corrected chi connectivity index (χ3v) is 4.38. The van der Waals surface area contributed by atoms with Crippen molar-refractivity contribution in [1.82, 2.24) is 15.5 Å². The van der Waals surface area contributed by atoms with Crippen LogP contribution in [0.4, 0.5) is 10.5 Å². The van der Waals surface area contributed by atoms with Crippen LogP contribution in [0.5, 0.6) is 0 Å². The summed E-state index contributed by atoms with van der Waals surface area (Å²) in [5.74, 6) is -0.649. The van der Waals surface area contributed by atoms with E-state index >= 15 is 0 Å². The van der Waals surface area contributed by atoms with Gasteiger partial charge in [-0.15, -0.1) is 0 Å². The molecule has 0 aliphatic heterocycles. The molecule has 0 heterocycles. The summed E-state index contributed by atoms with van der Waals surface area (Å²) in [5, 5.41) is 7.99. The van der Waals surface area contributed by atoms with Crippen LogP contribution in [0.3, 0.4) is 0 Å². The fourth-order valence-electron chi connectivity index (χ4n) is 2.51. The van der Waals surface area contributed by atoms with Gasteiger partial charge in [-0.2, -0.15) is 0 Å². The van der Waals surface area contributed by atoms with E-state index in [9.17, 15) is 14.4 Å². The lowest BCUT2D eigenvalue weighted by atomic mass is 10.1. The molecule has 0 fully saturated rings. The molecular formula is C21H26N4O3. The Kier molecular flexibility index (Phi) is 7.56. The highest BCUT2D eigenvalue weighted by Gasteiger charge is 2.14. The summed E-state index contributed by atoms with van der Waals surface area (Å²) in [5.41, 5.74) is 3.75. The zero-order valence-corrected chi connectivity index (χ0v) is 16.4. The van der Waals surface area contributed by atoms with Gasteiger partial charge in [-0.1, -0.05) is 42.5 Å². The lowest BCUT2D eigenvalue weighted by Crippen LogP contribution is -2.44. The van der Waals surface area contributed by atoms with E-state index in [1.165, 1.54) is 11.9 Å². The second kappa shape index (κ2) is 10.1. The van der Waals surface area contributed by atoms with Crippen LogP contribution in [-0.4, -0.2) is 42.9 Å². The molecule has 0 spiro atoms. The molecule has 2 aromatic rings. The maximum absolute atomic E-state index is 12.2. The molecular weight excluding hydrogens is 356 g/mol. The van der Waals surface area contributed by atoms with Crippen molar-refractivity contribution in [3.8, 4) is 0 Å². The van der Waals surface area contributed by atoms with E-state index in [1.54, 1.807) is 0 Å². The monoisotopic (exact) mass is 382 g/mol. The average molecular weight is 382 g/mol. The molecule has 0 bridgehead atoms. The van der Waals surface area contributed by atoms with Gasteiger partial charge in [0.2, 0.25) is 11.8 Å². The minimum Gasteiger partial charge on any atom is -0.335 e. The van der Waals surface area contributed by atoms with E-state index in [4.69, 9.17) is 0 Å². The number of rotatable bonds is 7. The number of anilines is 1. The normalized spacial score (nSPS) is 10.1. The van der Waals surface area contributed by atoms with Gasteiger partial charge in [0.1, 0.15) is 0 Å². The van der Waals surface area contributed by atoms with Crippen molar-refractivity contribution < 1.29 is 14.4 Å². The highest BCUT2D eigenvalue weighted by atomic mass is 16.2. The minimum absolute atomic E-state index is 0.0977. The molecule has 148 valence electrons. The van der Waals surface area contributed by atoms with E-state index in [2.05, 4.69) is 16.0 Å². The third kappa shape index (κ3) is 6.42. The molecule has 28 heavy (non-hydrogen) atoms. The first-order valence-electron chi connectivity index (χ1n) is 9.02. The molecule has 7 nitrogen and oxygen atoms in total. The van der Waals surface area contributed by atoms with Crippen LogP contribution in [0.1, 0.15) is 16.7 Å². The topological polar surface area (TPSA) is 90.5 Å². The lowest BCUT2D eigenvalue weighted by Gasteiger charge is -2.18. The zero-order valence-electron chi connectivity index (χ0n) is 16.4. The van der Waals surface area contributed by atoms with Crippen LogP contribution in [0.15, 0.2) is 48.5 Å². The number of benzene rings is 2. The van der Waals surface area contributed by atoms with Crippen LogP contribution in [0.2, 0.25) is 0 Å². The SMILES string of the molecule is Cc1cccc(NC(=O)CN(C)C(=O)CNC(=O)NCc2ccccc2)c1C. The molecule has 0 aliphatic carbocycles. The van der Waals surface area contributed by atoms with Gasteiger partial charge in [-0.25, -0.2) is 4.79 Å². The molecule has 0 aliphatic rings. The maximum atomic E-state index is 12.2. The Labute approximate surface area is 165 Å². The fraction of sp³-hybridized carbons (Fsp3) is 0.286. The number of likely N-dealkylation sites (N-methyl/N-ethyl adjacent to an activating group) is 1. The standard InChI is InChI=1S/C21H26N4O3/c1-15-8-7-11-18(16(15)2)24-19(26)14-25(3)20(27)13-23-21(28)22-12-17-9-5-4-6-10-17/h4-11H,12-14H2,1-3H3,(H,24,26)(H2,22,23,28). The van der Waals surface area contributed by atoms with E-state index < -0.39 is 6.03 Å². The number of aryl methyl sites for hydroxylation is 1. The molecule has 0 saturated carbocycles. The van der Waals surface area contributed by atoms with Crippen molar-refractivity contribution in [2.24, 2.45) is 0 Å². The molecule has 0 radical (unpaired) electrons. The summed E-state index contributed by atoms with van der Waals surface area (Å²) >= 11 is 0. The largest absolute Gasteiger partial charge is 0.335 e. The van der Waals surface area contributed by atoms with Crippen molar-refractivity contribution >= 4 is 23.5 Å². The average Bonchev–Trinajstić information content (AvgIpc) is 2.68. The van der Waals surface area contributed by atoms with Gasteiger partial charge in [0.15, 0.2) is 0 Å². The van der Waals surface area contributed by atoms with Gasteiger partial charge in [0, 0.05) is 19.3 Å². The van der Waals surface area contributed by atoms with Crippen LogP contribution in [0.25, 0.3) is 0 Å². The molecule has 0 unspecified atom stereocenters. The number of carbonyl (C=O) groups is 3. The van der Waals surface area contributed by atoms with Crippen molar-refractivity contribution in [2.75, 3.05) is 25.5 Å². The quantitative estimate of drug-likeness (QED) is 0.686. The molecule has 3 N–H and O–H groups in total. The molecule has 0 saturated heterocycles. The molecule has 0 atom stereocenters. The highest BCUT2D eigenvalue weighted by molar-refractivity contribution is 5.95. The summed E-state index contributed by atoms with van der Waals surface area (Å²) in [6.07, 6.45) is 0. The second-order valence-corrected chi connectivity index (χ2v) is 6.57. The molecule has 4 amide bonds. The molecule has 2 aromatic carbocycles. The fourth-order valence-corrected chi connectivity index (χ4v) is 2.51. The molecule has 2 rings (SSSR count). The first kappa shape index (κ1) is 21.0. The lowest BCUT2D eigenvalue weighted by molar-refractivity contribution is -0.132. The first-order valence-corrected chi connectivity index (χ1v) is 9.02. The minimum atomic E-state index is -0.439. The summed E-state index contributed by atoms with van der Waals surface area (Å²) in [6.45, 7) is 3.98. The van der Waals surface area contributed by atoms with Crippen molar-refractivity contribution in [3.05, 3.63) is 65.2 Å². The Hall–Kier alpha value is -3.35.